The molecule has 1 spiro atoms. The molecular formula is C22H30F2N2O3. The van der Waals surface area contributed by atoms with E-state index < -0.39 is 17.2 Å². The van der Waals surface area contributed by atoms with Gasteiger partial charge in [-0.1, -0.05) is 6.07 Å². The normalized spacial score (nSPS) is 30.9. The Morgan fingerprint density at radius 2 is 1.83 bits per heavy atom. The van der Waals surface area contributed by atoms with E-state index in [-0.39, 0.29) is 30.3 Å². The van der Waals surface area contributed by atoms with Crippen molar-refractivity contribution in [3.63, 3.8) is 0 Å². The zero-order valence-electron chi connectivity index (χ0n) is 17.0. The Balaban J connectivity index is 1.56. The van der Waals surface area contributed by atoms with Gasteiger partial charge in [-0.2, -0.15) is 0 Å². The summed E-state index contributed by atoms with van der Waals surface area (Å²) in [4.78, 5) is 17.8. The van der Waals surface area contributed by atoms with Gasteiger partial charge in [0.2, 0.25) is 5.91 Å². The second-order valence-corrected chi connectivity index (χ2v) is 8.67. The third-order valence-electron chi connectivity index (χ3n) is 7.07. The minimum Gasteiger partial charge on any atom is -0.491 e. The highest BCUT2D eigenvalue weighted by atomic mass is 19.1. The number of ether oxygens (including phenoxy) is 1. The van der Waals surface area contributed by atoms with Crippen molar-refractivity contribution in [1.82, 2.24) is 9.80 Å². The van der Waals surface area contributed by atoms with Crippen LogP contribution in [-0.4, -0.2) is 58.7 Å². The molecule has 2 aliphatic heterocycles. The summed E-state index contributed by atoms with van der Waals surface area (Å²) in [5.41, 5.74) is -0.238. The van der Waals surface area contributed by atoms with Crippen molar-refractivity contribution in [2.45, 2.75) is 75.6 Å². The molecule has 1 aromatic rings. The van der Waals surface area contributed by atoms with E-state index in [0.717, 1.165) is 64.5 Å². The molecule has 7 heteroatoms. The average molecular weight is 408 g/mol. The van der Waals surface area contributed by atoms with Gasteiger partial charge in [0.1, 0.15) is 5.54 Å². The second-order valence-electron chi connectivity index (χ2n) is 8.67. The summed E-state index contributed by atoms with van der Waals surface area (Å²) in [6.45, 7) is 1.75. The molecule has 5 nitrogen and oxygen atoms in total. The second kappa shape index (κ2) is 8.19. The molecule has 3 fully saturated rings. The summed E-state index contributed by atoms with van der Waals surface area (Å²) in [5.74, 6) is -1.62. The van der Waals surface area contributed by atoms with Crippen LogP contribution < -0.4 is 4.74 Å². The molecule has 1 aliphatic carbocycles. The Morgan fingerprint density at radius 1 is 1.14 bits per heavy atom. The highest BCUT2D eigenvalue weighted by molar-refractivity contribution is 5.88. The number of aliphatic hydroxyl groups excluding tert-OH is 1. The van der Waals surface area contributed by atoms with Gasteiger partial charge in [-0.25, -0.2) is 8.78 Å². The molecule has 0 aromatic heterocycles. The van der Waals surface area contributed by atoms with E-state index in [0.29, 0.717) is 5.56 Å². The Labute approximate surface area is 170 Å². The molecule has 1 atom stereocenters. The van der Waals surface area contributed by atoms with Gasteiger partial charge in [0.25, 0.3) is 0 Å². The number of aliphatic hydroxyl groups is 1. The van der Waals surface area contributed by atoms with Crippen molar-refractivity contribution < 1.29 is 23.4 Å². The molecule has 2 heterocycles. The van der Waals surface area contributed by atoms with Crippen molar-refractivity contribution in [2.24, 2.45) is 0 Å². The van der Waals surface area contributed by atoms with Crippen LogP contribution in [0.2, 0.25) is 0 Å². The minimum absolute atomic E-state index is 0.150. The van der Waals surface area contributed by atoms with Gasteiger partial charge in [-0.05, 0) is 64.0 Å². The van der Waals surface area contributed by atoms with Gasteiger partial charge in [-0.3, -0.25) is 9.69 Å². The zero-order valence-corrected chi connectivity index (χ0v) is 17.0. The Hall–Kier alpha value is -1.73. The maximum absolute atomic E-state index is 14.7. The van der Waals surface area contributed by atoms with E-state index in [2.05, 4.69) is 4.90 Å². The predicted molar refractivity (Wildman–Crippen MR) is 104 cm³/mol. The molecule has 1 aromatic carbocycles. The number of hydrogen-bond acceptors (Lipinski definition) is 4. The smallest absolute Gasteiger partial charge is 0.243 e. The molecule has 0 bridgehead atoms. The van der Waals surface area contributed by atoms with E-state index in [1.54, 1.807) is 0 Å². The first kappa shape index (κ1) is 20.5. The molecule has 160 valence electrons. The lowest BCUT2D eigenvalue weighted by Crippen LogP contribution is -2.62. The molecular weight excluding hydrogens is 378 g/mol. The van der Waals surface area contributed by atoms with E-state index in [1.165, 1.54) is 19.2 Å². The summed E-state index contributed by atoms with van der Waals surface area (Å²) in [7, 11) is 1.26. The Morgan fingerprint density at radius 3 is 2.52 bits per heavy atom. The molecule has 0 radical (unpaired) electrons. The number of piperidine rings is 1. The molecule has 1 amide bonds. The standard InChI is InChI=1S/C22H30F2N2O3/c1-29-20-18(23)9-4-15(19(20)24)14-25-12-2-10-22(25)11-3-13-26(21(22)28)16-5-7-17(27)8-6-16/h4,9,16-17,27H,2-3,5-8,10-14H2,1H3. The van der Waals surface area contributed by atoms with E-state index in [1.807, 2.05) is 4.90 Å². The van der Waals surface area contributed by atoms with Crippen molar-refractivity contribution >= 4 is 5.91 Å². The van der Waals surface area contributed by atoms with Gasteiger partial charge in [0, 0.05) is 24.7 Å². The fraction of sp³-hybridized carbons (Fsp3) is 0.682. The van der Waals surface area contributed by atoms with Crippen molar-refractivity contribution in [3.05, 3.63) is 29.3 Å². The van der Waals surface area contributed by atoms with Gasteiger partial charge in [-0.15, -0.1) is 0 Å². The lowest BCUT2D eigenvalue weighted by atomic mass is 9.82. The van der Waals surface area contributed by atoms with Gasteiger partial charge in [0.05, 0.1) is 13.2 Å². The molecule has 4 rings (SSSR count). The summed E-state index contributed by atoms with van der Waals surface area (Å²) in [6.07, 6.45) is 6.28. The third kappa shape index (κ3) is 3.63. The highest BCUT2D eigenvalue weighted by Crippen LogP contribution is 2.41. The number of methoxy groups -OCH3 is 1. The molecule has 1 unspecified atom stereocenters. The molecule has 1 saturated carbocycles. The maximum Gasteiger partial charge on any atom is 0.243 e. The zero-order chi connectivity index (χ0) is 20.6. The fourth-order valence-corrected chi connectivity index (χ4v) is 5.51. The van der Waals surface area contributed by atoms with E-state index in [9.17, 15) is 18.7 Å². The number of carbonyl (C=O) groups is 1. The number of amides is 1. The number of benzene rings is 1. The van der Waals surface area contributed by atoms with Crippen LogP contribution in [0.4, 0.5) is 8.78 Å². The third-order valence-corrected chi connectivity index (χ3v) is 7.07. The van der Waals surface area contributed by atoms with Gasteiger partial charge in [0.15, 0.2) is 17.4 Å². The van der Waals surface area contributed by atoms with Crippen molar-refractivity contribution in [1.29, 1.82) is 0 Å². The fourth-order valence-electron chi connectivity index (χ4n) is 5.51. The average Bonchev–Trinajstić information content (AvgIpc) is 3.10. The number of nitrogens with zero attached hydrogens (tertiary/aromatic N) is 2. The lowest BCUT2D eigenvalue weighted by molar-refractivity contribution is -0.152. The van der Waals surface area contributed by atoms with Crippen molar-refractivity contribution in [2.75, 3.05) is 20.2 Å². The monoisotopic (exact) mass is 408 g/mol. The molecule has 3 aliphatic rings. The van der Waals surface area contributed by atoms with Crippen LogP contribution in [0, 0.1) is 11.6 Å². The predicted octanol–water partition coefficient (Wildman–Crippen LogP) is 3.23. The largest absolute Gasteiger partial charge is 0.491 e. The van der Waals surface area contributed by atoms with Crippen LogP contribution in [0.15, 0.2) is 12.1 Å². The van der Waals surface area contributed by atoms with Crippen LogP contribution in [0.3, 0.4) is 0 Å². The summed E-state index contributed by atoms with van der Waals surface area (Å²) >= 11 is 0. The van der Waals surface area contributed by atoms with Crippen molar-refractivity contribution in [3.8, 4) is 5.75 Å². The van der Waals surface area contributed by atoms with Gasteiger partial charge >= 0.3 is 0 Å². The van der Waals surface area contributed by atoms with Crippen LogP contribution in [0.1, 0.15) is 56.9 Å². The number of rotatable bonds is 4. The first-order chi connectivity index (χ1) is 14.0. The topological polar surface area (TPSA) is 53.0 Å². The van der Waals surface area contributed by atoms with Gasteiger partial charge < -0.3 is 14.7 Å². The molecule has 2 saturated heterocycles. The van der Waals surface area contributed by atoms with E-state index in [4.69, 9.17) is 4.74 Å². The summed E-state index contributed by atoms with van der Waals surface area (Å²) in [6, 6.07) is 2.86. The Bertz CT molecular complexity index is 767. The highest BCUT2D eigenvalue weighted by Gasteiger charge is 2.52. The first-order valence-corrected chi connectivity index (χ1v) is 10.7. The number of carbonyl (C=O) groups excluding carboxylic acids is 1. The number of hydrogen-bond donors (Lipinski definition) is 1. The molecule has 29 heavy (non-hydrogen) atoms. The SMILES string of the molecule is COc1c(F)ccc(CN2CCCC23CCCN(C2CCC(O)CC2)C3=O)c1F. The van der Waals surface area contributed by atoms with Crippen LogP contribution in [-0.2, 0) is 11.3 Å². The minimum atomic E-state index is -0.718. The number of halogens is 2. The number of likely N-dealkylation sites (tertiary alicyclic amines) is 2. The van der Waals surface area contributed by atoms with E-state index >= 15 is 0 Å². The summed E-state index contributed by atoms with van der Waals surface area (Å²) < 4.78 is 33.4. The van der Waals surface area contributed by atoms with Crippen LogP contribution in [0.5, 0.6) is 5.75 Å². The maximum atomic E-state index is 14.7. The quantitative estimate of drug-likeness (QED) is 0.831. The molecule has 1 N–H and O–H groups in total. The Kier molecular flexibility index (Phi) is 5.80. The van der Waals surface area contributed by atoms with Crippen LogP contribution >= 0.6 is 0 Å². The first-order valence-electron chi connectivity index (χ1n) is 10.7. The lowest BCUT2D eigenvalue weighted by Gasteiger charge is -2.48. The van der Waals surface area contributed by atoms with Crippen LogP contribution in [0.25, 0.3) is 0 Å². The summed E-state index contributed by atoms with van der Waals surface area (Å²) in [5, 5.41) is 9.81.